The zero-order valence-corrected chi connectivity index (χ0v) is 16.8. The number of hydrogen-bond donors (Lipinski definition) is 1. The highest BCUT2D eigenvalue weighted by Crippen LogP contribution is 2.25. The van der Waals surface area contributed by atoms with E-state index in [0.717, 1.165) is 25.9 Å². The largest absolute Gasteiger partial charge is 0.459 e. The average Bonchev–Trinajstić information content (AvgIpc) is 3.49. The number of nitrogens with one attached hydrogen (secondary N) is 1. The smallest absolute Gasteiger partial charge is 0.289 e. The van der Waals surface area contributed by atoms with E-state index in [-0.39, 0.29) is 23.8 Å². The molecule has 0 radical (unpaired) electrons. The molecule has 1 aromatic carbocycles. The number of nitrogens with zero attached hydrogens (tertiary/aromatic N) is 2. The molecule has 2 saturated heterocycles. The molecule has 2 atom stereocenters. The van der Waals surface area contributed by atoms with Crippen molar-refractivity contribution in [1.82, 2.24) is 15.1 Å². The number of piperidine rings is 1. The van der Waals surface area contributed by atoms with Gasteiger partial charge >= 0.3 is 0 Å². The third-order valence-corrected chi connectivity index (χ3v) is 6.05. The van der Waals surface area contributed by atoms with Crippen molar-refractivity contribution < 1.29 is 14.0 Å². The second-order valence-electron chi connectivity index (χ2n) is 7.98. The maximum absolute atomic E-state index is 12.9. The van der Waals surface area contributed by atoms with Crippen molar-refractivity contribution in [3.05, 3.63) is 60.1 Å². The summed E-state index contributed by atoms with van der Waals surface area (Å²) in [6.45, 7) is 3.87. The van der Waals surface area contributed by atoms with Crippen LogP contribution in [0.2, 0.25) is 0 Å². The van der Waals surface area contributed by atoms with E-state index in [1.165, 1.54) is 24.7 Å². The highest BCUT2D eigenvalue weighted by atomic mass is 16.3. The molecular weight excluding hydrogens is 366 g/mol. The first-order valence-corrected chi connectivity index (χ1v) is 10.6. The summed E-state index contributed by atoms with van der Waals surface area (Å²) in [5, 5.41) is 3.18. The van der Waals surface area contributed by atoms with Crippen LogP contribution in [-0.2, 0) is 4.79 Å². The maximum atomic E-state index is 12.9. The van der Waals surface area contributed by atoms with Crippen molar-refractivity contribution in [1.29, 1.82) is 0 Å². The zero-order chi connectivity index (χ0) is 20.1. The molecule has 6 heteroatoms. The summed E-state index contributed by atoms with van der Waals surface area (Å²) in [5.41, 5.74) is 1.24. The van der Waals surface area contributed by atoms with Crippen LogP contribution < -0.4 is 5.32 Å². The molecule has 29 heavy (non-hydrogen) atoms. The van der Waals surface area contributed by atoms with Crippen LogP contribution in [0.5, 0.6) is 0 Å². The van der Waals surface area contributed by atoms with Gasteiger partial charge in [-0.3, -0.25) is 14.5 Å². The predicted octanol–water partition coefficient (Wildman–Crippen LogP) is 3.09. The van der Waals surface area contributed by atoms with Gasteiger partial charge in [-0.25, -0.2) is 0 Å². The van der Waals surface area contributed by atoms with E-state index < -0.39 is 0 Å². The van der Waals surface area contributed by atoms with Gasteiger partial charge in [0, 0.05) is 19.6 Å². The van der Waals surface area contributed by atoms with Crippen LogP contribution in [0, 0.1) is 5.92 Å². The minimum Gasteiger partial charge on any atom is -0.459 e. The fourth-order valence-corrected chi connectivity index (χ4v) is 4.46. The summed E-state index contributed by atoms with van der Waals surface area (Å²) in [6.07, 6.45) is 5.57. The first kappa shape index (κ1) is 19.7. The molecule has 3 heterocycles. The van der Waals surface area contributed by atoms with E-state index in [9.17, 15) is 9.59 Å². The number of carbonyl (C=O) groups excluding carboxylic acids is 2. The first-order chi connectivity index (χ1) is 14.2. The highest BCUT2D eigenvalue weighted by Gasteiger charge is 2.31. The lowest BCUT2D eigenvalue weighted by atomic mass is 9.96. The standard InChI is InChI=1S/C23H29N3O3/c27-22(19-10-6-14-26(17-19)23(28)21-11-7-15-29-21)24-16-20(25-12-4-5-13-25)18-8-2-1-3-9-18/h1-3,7-9,11,15,19-20H,4-6,10,12-14,16-17H2,(H,24,27). The number of rotatable bonds is 6. The molecular formula is C23H29N3O3. The van der Waals surface area contributed by atoms with E-state index in [2.05, 4.69) is 34.5 Å². The van der Waals surface area contributed by atoms with E-state index in [1.54, 1.807) is 17.0 Å². The molecule has 2 amide bonds. The fourth-order valence-electron chi connectivity index (χ4n) is 4.46. The van der Waals surface area contributed by atoms with Crippen molar-refractivity contribution in [2.45, 2.75) is 31.7 Å². The van der Waals surface area contributed by atoms with Crippen LogP contribution in [0.25, 0.3) is 0 Å². The van der Waals surface area contributed by atoms with Crippen LogP contribution in [0.1, 0.15) is 47.8 Å². The van der Waals surface area contributed by atoms with Crippen molar-refractivity contribution in [2.24, 2.45) is 5.92 Å². The van der Waals surface area contributed by atoms with Crippen molar-refractivity contribution in [2.75, 3.05) is 32.7 Å². The van der Waals surface area contributed by atoms with Crippen molar-refractivity contribution in [3.63, 3.8) is 0 Å². The summed E-state index contributed by atoms with van der Waals surface area (Å²) >= 11 is 0. The third-order valence-electron chi connectivity index (χ3n) is 6.05. The topological polar surface area (TPSA) is 65.8 Å². The zero-order valence-electron chi connectivity index (χ0n) is 16.8. The molecule has 0 aliphatic carbocycles. The van der Waals surface area contributed by atoms with E-state index >= 15 is 0 Å². The van der Waals surface area contributed by atoms with Gasteiger partial charge in [0.1, 0.15) is 0 Å². The normalized spacial score (nSPS) is 21.1. The van der Waals surface area contributed by atoms with Crippen molar-refractivity contribution in [3.8, 4) is 0 Å². The lowest BCUT2D eigenvalue weighted by Gasteiger charge is -2.33. The molecule has 2 aliphatic rings. The Morgan fingerprint density at radius 3 is 2.55 bits per heavy atom. The van der Waals surface area contributed by atoms with Crippen molar-refractivity contribution >= 4 is 11.8 Å². The Hall–Kier alpha value is -2.60. The molecule has 0 spiro atoms. The summed E-state index contributed by atoms with van der Waals surface area (Å²) in [5.74, 6) is 0.0794. The third kappa shape index (κ3) is 4.70. The van der Waals surface area contributed by atoms with Gasteiger partial charge in [0.15, 0.2) is 5.76 Å². The molecule has 2 aromatic rings. The molecule has 1 aromatic heterocycles. The minimum absolute atomic E-state index is 0.0436. The van der Waals surface area contributed by atoms with Gasteiger partial charge in [-0.15, -0.1) is 0 Å². The molecule has 0 bridgehead atoms. The highest BCUT2D eigenvalue weighted by molar-refractivity contribution is 5.92. The summed E-state index contributed by atoms with van der Waals surface area (Å²) in [6, 6.07) is 14.0. The molecule has 0 saturated carbocycles. The number of amides is 2. The maximum Gasteiger partial charge on any atom is 0.289 e. The van der Waals surface area contributed by atoms with E-state index in [1.807, 2.05) is 6.07 Å². The average molecular weight is 396 g/mol. The summed E-state index contributed by atoms with van der Waals surface area (Å²) < 4.78 is 5.23. The van der Waals surface area contributed by atoms with Gasteiger partial charge in [0.2, 0.25) is 5.91 Å². The molecule has 154 valence electrons. The molecule has 1 N–H and O–H groups in total. The van der Waals surface area contributed by atoms with E-state index in [0.29, 0.717) is 25.4 Å². The molecule has 4 rings (SSSR count). The summed E-state index contributed by atoms with van der Waals surface area (Å²) in [7, 11) is 0. The molecule has 2 fully saturated rings. The first-order valence-electron chi connectivity index (χ1n) is 10.6. The SMILES string of the molecule is O=C(NCC(c1ccccc1)N1CCCC1)C1CCCN(C(=O)c2ccco2)C1. The lowest BCUT2D eigenvalue weighted by Crippen LogP contribution is -2.46. The van der Waals surface area contributed by atoms with E-state index in [4.69, 9.17) is 4.42 Å². The minimum atomic E-state index is -0.169. The van der Waals surface area contributed by atoms with Crippen LogP contribution in [-0.4, -0.2) is 54.3 Å². The Morgan fingerprint density at radius 1 is 1.03 bits per heavy atom. The molecule has 6 nitrogen and oxygen atoms in total. The fraction of sp³-hybridized carbons (Fsp3) is 0.478. The lowest BCUT2D eigenvalue weighted by molar-refractivity contribution is -0.126. The summed E-state index contributed by atoms with van der Waals surface area (Å²) in [4.78, 5) is 29.7. The number of furan rings is 1. The number of carbonyl (C=O) groups is 2. The van der Waals surface area contributed by atoms with Crippen LogP contribution >= 0.6 is 0 Å². The number of hydrogen-bond acceptors (Lipinski definition) is 4. The number of benzene rings is 1. The van der Waals surface area contributed by atoms with Crippen LogP contribution in [0.3, 0.4) is 0 Å². The van der Waals surface area contributed by atoms with Gasteiger partial charge in [-0.05, 0) is 56.5 Å². The van der Waals surface area contributed by atoms with Gasteiger partial charge in [-0.2, -0.15) is 0 Å². The predicted molar refractivity (Wildman–Crippen MR) is 110 cm³/mol. The molecule has 2 unspecified atom stereocenters. The Bertz CT molecular complexity index is 800. The quantitative estimate of drug-likeness (QED) is 0.816. The Labute approximate surface area is 171 Å². The van der Waals surface area contributed by atoms with Gasteiger partial charge in [0.25, 0.3) is 5.91 Å². The second-order valence-corrected chi connectivity index (χ2v) is 7.98. The van der Waals surface area contributed by atoms with Gasteiger partial charge < -0.3 is 14.6 Å². The van der Waals surface area contributed by atoms with Crippen LogP contribution in [0.15, 0.2) is 53.1 Å². The Kier molecular flexibility index (Phi) is 6.30. The monoisotopic (exact) mass is 395 g/mol. The van der Waals surface area contributed by atoms with Gasteiger partial charge in [-0.1, -0.05) is 30.3 Å². The Morgan fingerprint density at radius 2 is 1.83 bits per heavy atom. The Balaban J connectivity index is 1.36. The van der Waals surface area contributed by atoms with Crippen LogP contribution in [0.4, 0.5) is 0 Å². The number of likely N-dealkylation sites (tertiary alicyclic amines) is 2. The second kappa shape index (κ2) is 9.27. The molecule has 2 aliphatic heterocycles. The van der Waals surface area contributed by atoms with Gasteiger partial charge in [0.05, 0.1) is 18.2 Å².